The van der Waals surface area contributed by atoms with Crippen molar-refractivity contribution in [2.24, 2.45) is 0 Å². The van der Waals surface area contributed by atoms with Gasteiger partial charge in [0, 0.05) is 5.69 Å². The van der Waals surface area contributed by atoms with Crippen LogP contribution in [0.1, 0.15) is 11.1 Å². The van der Waals surface area contributed by atoms with Crippen LogP contribution in [0.2, 0.25) is 0 Å². The molecule has 0 aromatic heterocycles. The molecule has 7 nitrogen and oxygen atoms in total. The van der Waals surface area contributed by atoms with Crippen LogP contribution < -0.4 is 14.8 Å². The molecule has 0 radical (unpaired) electrons. The van der Waals surface area contributed by atoms with Crippen LogP contribution in [0, 0.1) is 6.92 Å². The summed E-state index contributed by atoms with van der Waals surface area (Å²) in [6.07, 6.45) is 1.62. The molecule has 4 rings (SSSR count). The summed E-state index contributed by atoms with van der Waals surface area (Å²) in [6, 6.07) is 23.9. The number of nitrogens with one attached hydrogen (secondary N) is 1. The fourth-order valence-electron chi connectivity index (χ4n) is 3.30. The first kappa shape index (κ1) is 24.1. The monoisotopic (exact) mass is 488 g/mol. The van der Waals surface area contributed by atoms with Gasteiger partial charge in [-0.25, -0.2) is 0 Å². The van der Waals surface area contributed by atoms with Gasteiger partial charge in [0.05, 0.1) is 4.91 Å². The number of nitrogens with zero attached hydrogens (tertiary/aromatic N) is 1. The molecule has 0 spiro atoms. The van der Waals surface area contributed by atoms with Crippen LogP contribution in [0.4, 0.5) is 10.5 Å². The van der Waals surface area contributed by atoms with E-state index in [1.54, 1.807) is 36.4 Å². The van der Waals surface area contributed by atoms with Gasteiger partial charge in [-0.1, -0.05) is 48.0 Å². The highest BCUT2D eigenvalue weighted by Gasteiger charge is 2.36. The fraction of sp³-hybridized carbons (Fsp3) is 0.148. The first-order valence-corrected chi connectivity index (χ1v) is 11.8. The average molecular weight is 489 g/mol. The second-order valence-electron chi connectivity index (χ2n) is 7.76. The molecular weight excluding hydrogens is 464 g/mol. The van der Waals surface area contributed by atoms with Gasteiger partial charge in [0.15, 0.2) is 0 Å². The van der Waals surface area contributed by atoms with E-state index >= 15 is 0 Å². The van der Waals surface area contributed by atoms with E-state index in [1.807, 2.05) is 55.5 Å². The normalized spacial score (nSPS) is 14.3. The largest absolute Gasteiger partial charge is 0.490 e. The Kier molecular flexibility index (Phi) is 7.84. The number of carbonyl (C=O) groups excluding carboxylic acids is 3. The van der Waals surface area contributed by atoms with Gasteiger partial charge in [-0.15, -0.1) is 0 Å². The van der Waals surface area contributed by atoms with Gasteiger partial charge in [0.25, 0.3) is 11.1 Å². The summed E-state index contributed by atoms with van der Waals surface area (Å²) in [5, 5.41) is 2.22. The van der Waals surface area contributed by atoms with Crippen molar-refractivity contribution in [2.75, 3.05) is 25.1 Å². The summed E-state index contributed by atoms with van der Waals surface area (Å²) < 4.78 is 11.4. The van der Waals surface area contributed by atoms with E-state index in [4.69, 9.17) is 9.47 Å². The molecule has 1 aliphatic rings. The van der Waals surface area contributed by atoms with Crippen molar-refractivity contribution in [3.8, 4) is 11.5 Å². The average Bonchev–Trinajstić information content (AvgIpc) is 3.11. The summed E-state index contributed by atoms with van der Waals surface area (Å²) >= 11 is 0.810. The molecule has 1 aliphatic heterocycles. The van der Waals surface area contributed by atoms with Crippen LogP contribution in [-0.2, 0) is 9.59 Å². The van der Waals surface area contributed by atoms with Gasteiger partial charge in [-0.05, 0) is 66.7 Å². The molecule has 3 aromatic carbocycles. The number of ether oxygens (including phenoxy) is 2. The zero-order valence-electron chi connectivity index (χ0n) is 19.1. The van der Waals surface area contributed by atoms with Crippen molar-refractivity contribution in [2.45, 2.75) is 6.92 Å². The number of carbonyl (C=O) groups is 3. The Morgan fingerprint density at radius 3 is 2.34 bits per heavy atom. The zero-order valence-corrected chi connectivity index (χ0v) is 19.9. The van der Waals surface area contributed by atoms with E-state index in [1.165, 1.54) is 0 Å². The number of amides is 3. The Morgan fingerprint density at radius 1 is 0.914 bits per heavy atom. The number of imide groups is 1. The molecular formula is C27H24N2O5S. The van der Waals surface area contributed by atoms with Crippen molar-refractivity contribution in [3.63, 3.8) is 0 Å². The van der Waals surface area contributed by atoms with E-state index < -0.39 is 17.1 Å². The topological polar surface area (TPSA) is 84.9 Å². The van der Waals surface area contributed by atoms with Crippen LogP contribution >= 0.6 is 11.8 Å². The standard InChI is InChI=1S/C27H24N2O5S/c1-19-10-12-21(13-11-19)28-25(30)18-29-26(31)24(35-27(29)32)17-20-6-5-9-23(16-20)34-15-14-33-22-7-3-2-4-8-22/h2-13,16-17H,14-15,18H2,1H3,(H,28,30)/b24-17+. The Hall–Kier alpha value is -4.04. The van der Waals surface area contributed by atoms with Crippen molar-refractivity contribution < 1.29 is 23.9 Å². The molecule has 0 saturated carbocycles. The lowest BCUT2D eigenvalue weighted by Gasteiger charge is -2.12. The Bertz CT molecular complexity index is 1240. The Balaban J connectivity index is 1.32. The van der Waals surface area contributed by atoms with E-state index in [0.29, 0.717) is 30.2 Å². The lowest BCUT2D eigenvalue weighted by atomic mass is 10.2. The second-order valence-corrected chi connectivity index (χ2v) is 8.76. The highest BCUT2D eigenvalue weighted by atomic mass is 32.2. The third-order valence-corrected chi connectivity index (χ3v) is 5.94. The number of benzene rings is 3. The third-order valence-electron chi connectivity index (χ3n) is 5.03. The minimum Gasteiger partial charge on any atom is -0.490 e. The molecule has 8 heteroatoms. The third kappa shape index (κ3) is 6.74. The molecule has 1 N–H and O–H groups in total. The molecule has 1 fully saturated rings. The molecule has 35 heavy (non-hydrogen) atoms. The summed E-state index contributed by atoms with van der Waals surface area (Å²) in [5.41, 5.74) is 2.38. The number of thioether (sulfide) groups is 1. The lowest BCUT2D eigenvalue weighted by Crippen LogP contribution is -2.36. The molecule has 0 atom stereocenters. The smallest absolute Gasteiger partial charge is 0.294 e. The van der Waals surface area contributed by atoms with Crippen LogP contribution in [0.3, 0.4) is 0 Å². The predicted octanol–water partition coefficient (Wildman–Crippen LogP) is 5.13. The van der Waals surface area contributed by atoms with E-state index in [2.05, 4.69) is 5.32 Å². The van der Waals surface area contributed by atoms with Gasteiger partial charge in [-0.2, -0.15) is 0 Å². The summed E-state index contributed by atoms with van der Waals surface area (Å²) in [7, 11) is 0. The summed E-state index contributed by atoms with van der Waals surface area (Å²) in [6.45, 7) is 2.34. The van der Waals surface area contributed by atoms with E-state index in [-0.39, 0.29) is 11.4 Å². The van der Waals surface area contributed by atoms with Crippen molar-refractivity contribution in [1.29, 1.82) is 0 Å². The quantitative estimate of drug-likeness (QED) is 0.332. The molecule has 178 valence electrons. The molecule has 0 unspecified atom stereocenters. The van der Waals surface area contributed by atoms with Crippen LogP contribution in [0.5, 0.6) is 11.5 Å². The van der Waals surface area contributed by atoms with Gasteiger partial charge in [0.1, 0.15) is 31.3 Å². The molecule has 3 amide bonds. The molecule has 0 aliphatic carbocycles. The number of hydrogen-bond donors (Lipinski definition) is 1. The Labute approximate surface area is 207 Å². The highest BCUT2D eigenvalue weighted by Crippen LogP contribution is 2.32. The highest BCUT2D eigenvalue weighted by molar-refractivity contribution is 8.18. The SMILES string of the molecule is Cc1ccc(NC(=O)CN2C(=O)S/C(=C/c3cccc(OCCOc4ccccc4)c3)C2=O)cc1. The number of hydrogen-bond acceptors (Lipinski definition) is 6. The number of aryl methyl sites for hydroxylation is 1. The fourth-order valence-corrected chi connectivity index (χ4v) is 4.14. The van der Waals surface area contributed by atoms with Gasteiger partial charge < -0.3 is 14.8 Å². The molecule has 3 aromatic rings. The summed E-state index contributed by atoms with van der Waals surface area (Å²) in [4.78, 5) is 38.7. The number of para-hydroxylation sites is 1. The van der Waals surface area contributed by atoms with Crippen molar-refractivity contribution >= 4 is 40.6 Å². The number of anilines is 1. The van der Waals surface area contributed by atoms with Crippen molar-refractivity contribution in [1.82, 2.24) is 4.90 Å². The first-order valence-electron chi connectivity index (χ1n) is 11.0. The Morgan fingerprint density at radius 2 is 1.60 bits per heavy atom. The molecule has 1 heterocycles. The van der Waals surface area contributed by atoms with Gasteiger partial charge in [-0.3, -0.25) is 19.3 Å². The number of rotatable bonds is 9. The van der Waals surface area contributed by atoms with E-state index in [9.17, 15) is 14.4 Å². The zero-order chi connectivity index (χ0) is 24.6. The van der Waals surface area contributed by atoms with Crippen LogP contribution in [0.15, 0.2) is 83.8 Å². The maximum absolute atomic E-state index is 12.8. The van der Waals surface area contributed by atoms with Gasteiger partial charge in [0.2, 0.25) is 5.91 Å². The lowest BCUT2D eigenvalue weighted by molar-refractivity contribution is -0.127. The predicted molar refractivity (Wildman–Crippen MR) is 136 cm³/mol. The maximum atomic E-state index is 12.8. The van der Waals surface area contributed by atoms with Crippen LogP contribution in [0.25, 0.3) is 6.08 Å². The molecule has 1 saturated heterocycles. The van der Waals surface area contributed by atoms with Crippen LogP contribution in [-0.4, -0.2) is 41.7 Å². The van der Waals surface area contributed by atoms with Gasteiger partial charge >= 0.3 is 0 Å². The minimum atomic E-state index is -0.498. The van der Waals surface area contributed by atoms with E-state index in [0.717, 1.165) is 28.0 Å². The first-order chi connectivity index (χ1) is 17.0. The maximum Gasteiger partial charge on any atom is 0.294 e. The minimum absolute atomic E-state index is 0.252. The van der Waals surface area contributed by atoms with Crippen molar-refractivity contribution in [3.05, 3.63) is 94.9 Å². The molecule has 0 bridgehead atoms. The summed E-state index contributed by atoms with van der Waals surface area (Å²) in [5.74, 6) is 0.451. The second kappa shape index (κ2) is 11.4.